The van der Waals surface area contributed by atoms with Gasteiger partial charge < -0.3 is 0 Å². The molecule has 0 saturated heterocycles. The average Bonchev–Trinajstić information content (AvgIpc) is 3.25. The van der Waals surface area contributed by atoms with Gasteiger partial charge in [0.15, 0.2) is 0 Å². The second-order valence-electron chi connectivity index (χ2n) is 8.81. The Balaban J connectivity index is 1.16. The van der Waals surface area contributed by atoms with E-state index in [-0.39, 0.29) is 0 Å². The first-order valence-electron chi connectivity index (χ1n) is 8.53. The Hall–Kier alpha value is -0.520. The Kier molecular flexibility index (Phi) is 1.29. The Morgan fingerprint density at radius 2 is 2.21 bits per heavy atom. The molecular formula is C19H24. The molecule has 7 aliphatic carbocycles. The molecule has 2 bridgehead atoms. The van der Waals surface area contributed by atoms with Gasteiger partial charge in [-0.15, -0.1) is 0 Å². The summed E-state index contributed by atoms with van der Waals surface area (Å²) in [5.74, 6) is 5.11. The van der Waals surface area contributed by atoms with E-state index in [9.17, 15) is 0 Å². The maximum atomic E-state index is 2.62. The molecule has 19 heavy (non-hydrogen) atoms. The lowest BCUT2D eigenvalue weighted by atomic mass is 9.27. The highest BCUT2D eigenvalue weighted by molar-refractivity contribution is 5.90. The van der Waals surface area contributed by atoms with E-state index in [1.807, 2.05) is 11.1 Å². The molecule has 0 aliphatic heterocycles. The summed E-state index contributed by atoms with van der Waals surface area (Å²) in [6.45, 7) is 7.53. The second kappa shape index (κ2) is 2.40. The van der Waals surface area contributed by atoms with Gasteiger partial charge in [0.1, 0.15) is 0 Å². The summed E-state index contributed by atoms with van der Waals surface area (Å²) in [5, 5.41) is 0. The maximum Gasteiger partial charge on any atom is 0.0158 e. The van der Waals surface area contributed by atoms with Gasteiger partial charge in [-0.1, -0.05) is 44.1 Å². The summed E-state index contributed by atoms with van der Waals surface area (Å²) in [6.07, 6.45) is 10.9. The number of rotatable bonds is 5. The third-order valence-electron chi connectivity index (χ3n) is 8.79. The van der Waals surface area contributed by atoms with Crippen LogP contribution in [0, 0.1) is 45.8 Å². The van der Waals surface area contributed by atoms with Crippen molar-refractivity contribution in [3.8, 4) is 0 Å². The smallest absolute Gasteiger partial charge is 0.0158 e. The van der Waals surface area contributed by atoms with Crippen LogP contribution in [-0.4, -0.2) is 0 Å². The molecule has 0 N–H and O–H groups in total. The van der Waals surface area contributed by atoms with Crippen LogP contribution in [0.3, 0.4) is 0 Å². The molecule has 7 rings (SSSR count). The highest BCUT2D eigenvalue weighted by atomic mass is 15.2. The van der Waals surface area contributed by atoms with Crippen molar-refractivity contribution in [3.63, 3.8) is 0 Å². The highest BCUT2D eigenvalue weighted by Crippen LogP contribution is 3.22. The van der Waals surface area contributed by atoms with Crippen molar-refractivity contribution in [2.24, 2.45) is 45.8 Å². The van der Waals surface area contributed by atoms with Gasteiger partial charge in [0, 0.05) is 16.7 Å². The molecule has 0 aromatic heterocycles. The molecule has 0 heterocycles. The largest absolute Gasteiger partial charge is 0.0882 e. The summed E-state index contributed by atoms with van der Waals surface area (Å²) in [6, 6.07) is 0. The zero-order valence-electron chi connectivity index (χ0n) is 12.4. The monoisotopic (exact) mass is 252 g/mol. The molecule has 100 valence electrons. The fourth-order valence-electron chi connectivity index (χ4n) is 7.52. The molecule has 0 aromatic rings. The van der Waals surface area contributed by atoms with Crippen LogP contribution in [-0.2, 0) is 0 Å². The fraction of sp³-hybridized carbons (Fsp3) is 0.789. The van der Waals surface area contributed by atoms with Gasteiger partial charge in [-0.3, -0.25) is 0 Å². The highest BCUT2D eigenvalue weighted by Gasteiger charge is 3.17. The summed E-state index contributed by atoms with van der Waals surface area (Å²) >= 11 is 0. The van der Waals surface area contributed by atoms with Crippen molar-refractivity contribution in [2.45, 2.75) is 46.5 Å². The normalized spacial score (nSPS) is 65.6. The van der Waals surface area contributed by atoms with Gasteiger partial charge in [0.2, 0.25) is 0 Å². The second-order valence-corrected chi connectivity index (χ2v) is 8.81. The number of hydrogen-bond acceptors (Lipinski definition) is 0. The van der Waals surface area contributed by atoms with E-state index in [4.69, 9.17) is 0 Å². The molecule has 0 heteroatoms. The van der Waals surface area contributed by atoms with Gasteiger partial charge in [0.25, 0.3) is 0 Å². The molecule has 0 amide bonds. The standard InChI is InChI=1S/C19H24/c1-10-8-12(10)7-5-4-6-11(2)17(3)14-9-13-15-16-18(13,14)19(15,16)17/h4,6,10-12,14,16H,5,7-9H2,1-3H3. The fourth-order valence-corrected chi connectivity index (χ4v) is 7.52. The van der Waals surface area contributed by atoms with E-state index in [0.717, 1.165) is 40.4 Å². The molecule has 0 aromatic carbocycles. The van der Waals surface area contributed by atoms with Crippen molar-refractivity contribution >= 4 is 0 Å². The van der Waals surface area contributed by atoms with E-state index >= 15 is 0 Å². The predicted molar refractivity (Wildman–Crippen MR) is 76.4 cm³/mol. The van der Waals surface area contributed by atoms with Crippen molar-refractivity contribution in [3.05, 3.63) is 23.3 Å². The Bertz CT molecular complexity index is 595. The van der Waals surface area contributed by atoms with Crippen LogP contribution >= 0.6 is 0 Å². The van der Waals surface area contributed by atoms with Crippen LogP contribution in [0.15, 0.2) is 23.3 Å². The van der Waals surface area contributed by atoms with Crippen LogP contribution in [0.4, 0.5) is 0 Å². The third kappa shape index (κ3) is 0.647. The lowest BCUT2D eigenvalue weighted by Gasteiger charge is -2.76. The van der Waals surface area contributed by atoms with Crippen molar-refractivity contribution in [2.75, 3.05) is 0 Å². The van der Waals surface area contributed by atoms with Crippen LogP contribution in [0.25, 0.3) is 0 Å². The molecule has 8 atom stereocenters. The van der Waals surface area contributed by atoms with Gasteiger partial charge in [-0.05, 0) is 54.8 Å². The van der Waals surface area contributed by atoms with Gasteiger partial charge in [-0.25, -0.2) is 0 Å². The van der Waals surface area contributed by atoms with Crippen LogP contribution in [0.1, 0.15) is 46.5 Å². The summed E-state index contributed by atoms with van der Waals surface area (Å²) < 4.78 is 0. The third-order valence-corrected chi connectivity index (χ3v) is 8.79. The maximum absolute atomic E-state index is 2.62. The SMILES string of the molecule is CC1CC1CCC=CC(C)C1(C)C2CC3=C4C5C32C451. The predicted octanol–water partition coefficient (Wildman–Crippen LogP) is 4.58. The molecular weight excluding hydrogens is 228 g/mol. The molecule has 5 fully saturated rings. The van der Waals surface area contributed by atoms with Gasteiger partial charge >= 0.3 is 0 Å². The lowest BCUT2D eigenvalue weighted by molar-refractivity contribution is -0.173. The molecule has 5 saturated carbocycles. The van der Waals surface area contributed by atoms with Gasteiger partial charge in [0.05, 0.1) is 0 Å². The zero-order chi connectivity index (χ0) is 12.8. The van der Waals surface area contributed by atoms with Crippen LogP contribution < -0.4 is 0 Å². The van der Waals surface area contributed by atoms with E-state index in [2.05, 4.69) is 32.9 Å². The number of hydrogen-bond donors (Lipinski definition) is 0. The number of allylic oxidation sites excluding steroid dienone is 4. The van der Waals surface area contributed by atoms with Crippen molar-refractivity contribution in [1.29, 1.82) is 0 Å². The topological polar surface area (TPSA) is 0 Å². The Morgan fingerprint density at radius 3 is 2.74 bits per heavy atom. The Labute approximate surface area is 116 Å². The van der Waals surface area contributed by atoms with Crippen molar-refractivity contribution < 1.29 is 0 Å². The first kappa shape index (κ1) is 10.2. The molecule has 7 aliphatic rings. The van der Waals surface area contributed by atoms with E-state index < -0.39 is 0 Å². The van der Waals surface area contributed by atoms with E-state index in [0.29, 0.717) is 5.41 Å². The molecule has 0 radical (unpaired) electrons. The zero-order valence-corrected chi connectivity index (χ0v) is 12.4. The minimum absolute atomic E-state index is 0.665. The Morgan fingerprint density at radius 1 is 1.42 bits per heavy atom. The molecule has 8 unspecified atom stereocenters. The summed E-state index contributed by atoms with van der Waals surface area (Å²) in [4.78, 5) is 0. The van der Waals surface area contributed by atoms with Crippen LogP contribution in [0.2, 0.25) is 0 Å². The van der Waals surface area contributed by atoms with Crippen molar-refractivity contribution in [1.82, 2.24) is 0 Å². The first-order valence-corrected chi connectivity index (χ1v) is 8.53. The minimum Gasteiger partial charge on any atom is -0.0882 e. The van der Waals surface area contributed by atoms with Crippen LogP contribution in [0.5, 0.6) is 0 Å². The average molecular weight is 252 g/mol. The van der Waals surface area contributed by atoms with E-state index in [1.54, 1.807) is 0 Å². The van der Waals surface area contributed by atoms with Gasteiger partial charge in [-0.2, -0.15) is 0 Å². The quantitative estimate of drug-likeness (QED) is 0.628. The lowest BCUT2D eigenvalue weighted by Crippen LogP contribution is -2.70. The molecule has 0 nitrogen and oxygen atoms in total. The summed E-state index contributed by atoms with van der Waals surface area (Å²) in [7, 11) is 0. The van der Waals surface area contributed by atoms with E-state index in [1.165, 1.54) is 25.7 Å². The first-order chi connectivity index (χ1) is 9.12. The minimum atomic E-state index is 0.665. The molecule has 2 spiro atoms. The summed E-state index contributed by atoms with van der Waals surface area (Å²) in [5.41, 5.74) is 6.26.